The summed E-state index contributed by atoms with van der Waals surface area (Å²) in [7, 11) is 3.37. The fourth-order valence-corrected chi connectivity index (χ4v) is 3.89. The first-order chi connectivity index (χ1) is 8.07. The first kappa shape index (κ1) is 12.8. The summed E-state index contributed by atoms with van der Waals surface area (Å²) in [5.74, 6) is -0.542. The van der Waals surface area contributed by atoms with E-state index in [1.54, 1.807) is 0 Å². The molecule has 2 rings (SSSR count). The van der Waals surface area contributed by atoms with Crippen LogP contribution in [-0.4, -0.2) is 42.8 Å². The van der Waals surface area contributed by atoms with E-state index < -0.39 is 11.7 Å². The number of halogens is 1. The van der Waals surface area contributed by atoms with Crippen molar-refractivity contribution in [3.05, 3.63) is 0 Å². The van der Waals surface area contributed by atoms with Crippen LogP contribution in [0.4, 0.5) is 4.39 Å². The Bertz CT molecular complexity index is 310. The summed E-state index contributed by atoms with van der Waals surface area (Å²) < 4.78 is 19.3. The van der Waals surface area contributed by atoms with Crippen LogP contribution in [0.15, 0.2) is 0 Å². The summed E-state index contributed by atoms with van der Waals surface area (Å²) in [6.07, 6.45) is 3.05. The zero-order valence-corrected chi connectivity index (χ0v) is 10.9. The van der Waals surface area contributed by atoms with Crippen LogP contribution in [0, 0.1) is 5.92 Å². The molecule has 0 amide bonds. The smallest absolute Gasteiger partial charge is 0.310 e. The standard InChI is InChI=1S/C13H22FNO2/c1-4-11(14)13-8-7-9(15(13)2)5-6-10(13)12(16)17-3/h9-11H,4-8H2,1-3H3/t9-,10?,11?,13-/m1/s1. The Morgan fingerprint density at radius 1 is 1.53 bits per heavy atom. The molecule has 2 fully saturated rings. The molecule has 0 aromatic heterocycles. The molecule has 2 heterocycles. The molecule has 2 unspecified atom stereocenters. The number of alkyl halides is 1. The molecule has 17 heavy (non-hydrogen) atoms. The summed E-state index contributed by atoms with van der Waals surface area (Å²) in [6.45, 7) is 1.85. The van der Waals surface area contributed by atoms with Crippen molar-refractivity contribution in [2.45, 2.75) is 56.8 Å². The Morgan fingerprint density at radius 3 is 2.82 bits per heavy atom. The monoisotopic (exact) mass is 243 g/mol. The van der Waals surface area contributed by atoms with E-state index in [4.69, 9.17) is 4.74 Å². The SMILES string of the molecule is CCC(F)[C@@]12CC[C@@H](CCC1C(=O)OC)N2C. The quantitative estimate of drug-likeness (QED) is 0.711. The van der Waals surface area contributed by atoms with Gasteiger partial charge in [-0.05, 0) is 39.2 Å². The lowest BCUT2D eigenvalue weighted by Gasteiger charge is -2.48. The van der Waals surface area contributed by atoms with Crippen LogP contribution in [0.2, 0.25) is 0 Å². The van der Waals surface area contributed by atoms with E-state index >= 15 is 0 Å². The molecule has 3 nitrogen and oxygen atoms in total. The lowest BCUT2D eigenvalue weighted by molar-refractivity contribution is -0.157. The van der Waals surface area contributed by atoms with Crippen molar-refractivity contribution in [2.75, 3.05) is 14.2 Å². The Labute approximate surface area is 102 Å². The van der Waals surface area contributed by atoms with E-state index in [0.717, 1.165) is 25.7 Å². The Hall–Kier alpha value is -0.640. The lowest BCUT2D eigenvalue weighted by Crippen LogP contribution is -2.61. The third-order valence-corrected chi connectivity index (χ3v) is 4.86. The maximum absolute atomic E-state index is 14.4. The minimum atomic E-state index is -0.943. The van der Waals surface area contributed by atoms with Crippen LogP contribution in [0.3, 0.4) is 0 Å². The van der Waals surface area contributed by atoms with Crippen molar-refractivity contribution < 1.29 is 13.9 Å². The van der Waals surface area contributed by atoms with Crippen LogP contribution in [0.1, 0.15) is 39.0 Å². The molecule has 0 spiro atoms. The number of methoxy groups -OCH3 is 1. The molecule has 2 aliphatic heterocycles. The van der Waals surface area contributed by atoms with Gasteiger partial charge in [-0.1, -0.05) is 6.92 Å². The van der Waals surface area contributed by atoms with Crippen molar-refractivity contribution in [2.24, 2.45) is 5.92 Å². The molecule has 98 valence electrons. The molecule has 0 aliphatic carbocycles. The number of piperidine rings is 1. The van der Waals surface area contributed by atoms with Gasteiger partial charge in [0.2, 0.25) is 0 Å². The number of hydrogen-bond donors (Lipinski definition) is 0. The second-order valence-corrected chi connectivity index (χ2v) is 5.32. The largest absolute Gasteiger partial charge is 0.469 e. The van der Waals surface area contributed by atoms with Gasteiger partial charge in [0.05, 0.1) is 18.6 Å². The topological polar surface area (TPSA) is 29.5 Å². The number of hydrogen-bond acceptors (Lipinski definition) is 3. The zero-order valence-electron chi connectivity index (χ0n) is 10.9. The van der Waals surface area contributed by atoms with E-state index in [2.05, 4.69) is 4.90 Å². The highest BCUT2D eigenvalue weighted by Gasteiger charge is 2.59. The van der Waals surface area contributed by atoms with Crippen molar-refractivity contribution in [1.29, 1.82) is 0 Å². The Kier molecular flexibility index (Phi) is 3.43. The van der Waals surface area contributed by atoms with Gasteiger partial charge in [0.1, 0.15) is 6.17 Å². The van der Waals surface area contributed by atoms with E-state index in [1.807, 2.05) is 14.0 Å². The van der Waals surface area contributed by atoms with Gasteiger partial charge in [-0.25, -0.2) is 4.39 Å². The van der Waals surface area contributed by atoms with Gasteiger partial charge in [0, 0.05) is 6.04 Å². The van der Waals surface area contributed by atoms with E-state index in [0.29, 0.717) is 12.5 Å². The van der Waals surface area contributed by atoms with Gasteiger partial charge in [0.25, 0.3) is 0 Å². The van der Waals surface area contributed by atoms with E-state index in [1.165, 1.54) is 7.11 Å². The van der Waals surface area contributed by atoms with Crippen LogP contribution in [0.5, 0.6) is 0 Å². The molecule has 0 saturated carbocycles. The molecular formula is C13H22FNO2. The van der Waals surface area contributed by atoms with Crippen molar-refractivity contribution in [1.82, 2.24) is 4.90 Å². The Balaban J connectivity index is 2.35. The molecule has 0 radical (unpaired) electrons. The predicted molar refractivity (Wildman–Crippen MR) is 63.4 cm³/mol. The number of nitrogens with zero attached hydrogens (tertiary/aromatic N) is 1. The van der Waals surface area contributed by atoms with Crippen LogP contribution in [-0.2, 0) is 9.53 Å². The number of carbonyl (C=O) groups excluding carboxylic acids is 1. The van der Waals surface area contributed by atoms with Crippen molar-refractivity contribution in [3.63, 3.8) is 0 Å². The van der Waals surface area contributed by atoms with E-state index in [9.17, 15) is 9.18 Å². The summed E-state index contributed by atoms with van der Waals surface area (Å²) in [5, 5.41) is 0. The number of carbonyl (C=O) groups is 1. The van der Waals surface area contributed by atoms with Gasteiger partial charge in [-0.2, -0.15) is 0 Å². The number of esters is 1. The summed E-state index contributed by atoms with van der Waals surface area (Å²) in [4.78, 5) is 14.0. The highest BCUT2D eigenvalue weighted by atomic mass is 19.1. The van der Waals surface area contributed by atoms with Gasteiger partial charge in [-0.3, -0.25) is 9.69 Å². The molecule has 2 bridgehead atoms. The van der Waals surface area contributed by atoms with Gasteiger partial charge >= 0.3 is 5.97 Å². The van der Waals surface area contributed by atoms with Crippen LogP contribution < -0.4 is 0 Å². The second kappa shape index (κ2) is 4.56. The second-order valence-electron chi connectivity index (χ2n) is 5.32. The third kappa shape index (κ3) is 1.68. The third-order valence-electron chi connectivity index (χ3n) is 4.86. The van der Waals surface area contributed by atoms with Crippen LogP contribution in [0.25, 0.3) is 0 Å². The normalized spacial score (nSPS) is 39.1. The molecule has 0 aromatic rings. The highest BCUT2D eigenvalue weighted by Crippen LogP contribution is 2.50. The fourth-order valence-electron chi connectivity index (χ4n) is 3.89. The molecule has 4 atom stereocenters. The van der Waals surface area contributed by atoms with Crippen LogP contribution >= 0.6 is 0 Å². The van der Waals surface area contributed by atoms with Gasteiger partial charge < -0.3 is 4.74 Å². The first-order valence-corrected chi connectivity index (χ1v) is 6.52. The first-order valence-electron chi connectivity index (χ1n) is 6.52. The number of fused-ring (bicyclic) bond motifs is 2. The number of rotatable bonds is 3. The lowest BCUT2D eigenvalue weighted by atomic mass is 9.73. The number of ether oxygens (including phenoxy) is 1. The zero-order chi connectivity index (χ0) is 12.6. The molecule has 2 saturated heterocycles. The summed E-state index contributed by atoms with van der Waals surface area (Å²) >= 11 is 0. The van der Waals surface area contributed by atoms with Gasteiger partial charge in [0.15, 0.2) is 0 Å². The average Bonchev–Trinajstić information content (AvgIpc) is 2.56. The highest BCUT2D eigenvalue weighted by molar-refractivity contribution is 5.74. The van der Waals surface area contributed by atoms with Gasteiger partial charge in [-0.15, -0.1) is 0 Å². The Morgan fingerprint density at radius 2 is 2.24 bits per heavy atom. The van der Waals surface area contributed by atoms with Crippen molar-refractivity contribution in [3.8, 4) is 0 Å². The minimum Gasteiger partial charge on any atom is -0.469 e. The fraction of sp³-hybridized carbons (Fsp3) is 0.923. The van der Waals surface area contributed by atoms with Crippen molar-refractivity contribution >= 4 is 5.97 Å². The molecule has 2 aliphatic rings. The molecule has 4 heteroatoms. The summed E-state index contributed by atoms with van der Waals surface area (Å²) in [6, 6.07) is 0.445. The molecule has 0 aromatic carbocycles. The molecular weight excluding hydrogens is 221 g/mol. The maximum Gasteiger partial charge on any atom is 0.310 e. The van der Waals surface area contributed by atoms with E-state index in [-0.39, 0.29) is 11.9 Å². The predicted octanol–water partition coefficient (Wildman–Crippen LogP) is 2.15. The maximum atomic E-state index is 14.4. The molecule has 0 N–H and O–H groups in total. The average molecular weight is 243 g/mol. The minimum absolute atomic E-state index is 0.242. The summed E-state index contributed by atoms with van der Waals surface area (Å²) in [5.41, 5.74) is -0.606.